The molecule has 0 spiro atoms. The Labute approximate surface area is 98.1 Å². The zero-order valence-corrected chi connectivity index (χ0v) is 10.4. The smallest absolute Gasteiger partial charge is 0.222 e. The lowest BCUT2D eigenvalue weighted by atomic mass is 9.96. The van der Waals surface area contributed by atoms with Crippen LogP contribution in [0.1, 0.15) is 20.3 Å². The number of nitrogens with zero attached hydrogens (tertiary/aromatic N) is 1. The van der Waals surface area contributed by atoms with Crippen molar-refractivity contribution in [3.8, 4) is 0 Å². The number of carbonyl (C=O) groups is 1. The molecule has 4 heteroatoms. The number of hydrogen-bond acceptors (Lipinski definition) is 3. The highest BCUT2D eigenvalue weighted by Gasteiger charge is 2.29. The van der Waals surface area contributed by atoms with E-state index in [2.05, 4.69) is 36.0 Å². The fourth-order valence-electron chi connectivity index (χ4n) is 2.02. The van der Waals surface area contributed by atoms with Crippen molar-refractivity contribution in [3.63, 3.8) is 0 Å². The van der Waals surface area contributed by atoms with Gasteiger partial charge < -0.3 is 10.6 Å². The van der Waals surface area contributed by atoms with E-state index in [-0.39, 0.29) is 11.4 Å². The quantitative estimate of drug-likeness (QED) is 0.664. The van der Waals surface area contributed by atoms with Crippen molar-refractivity contribution in [2.75, 3.05) is 32.7 Å². The summed E-state index contributed by atoms with van der Waals surface area (Å²) >= 11 is 0. The zero-order valence-electron chi connectivity index (χ0n) is 10.4. The number of rotatable bonds is 5. The molecule has 16 heavy (non-hydrogen) atoms. The van der Waals surface area contributed by atoms with E-state index in [0.717, 1.165) is 26.2 Å². The van der Waals surface area contributed by atoms with E-state index >= 15 is 0 Å². The summed E-state index contributed by atoms with van der Waals surface area (Å²) in [4.78, 5) is 14.0. The Hall–Kier alpha value is -0.870. The van der Waals surface area contributed by atoms with E-state index in [1.807, 2.05) is 0 Å². The summed E-state index contributed by atoms with van der Waals surface area (Å²) in [6, 6.07) is 0. The van der Waals surface area contributed by atoms with Crippen LogP contribution in [0.25, 0.3) is 0 Å². The highest BCUT2D eigenvalue weighted by atomic mass is 16.1. The van der Waals surface area contributed by atoms with Crippen molar-refractivity contribution in [1.29, 1.82) is 0 Å². The van der Waals surface area contributed by atoms with Gasteiger partial charge in [0.1, 0.15) is 0 Å². The van der Waals surface area contributed by atoms with Crippen LogP contribution in [0.2, 0.25) is 0 Å². The van der Waals surface area contributed by atoms with Crippen molar-refractivity contribution in [2.24, 2.45) is 0 Å². The molecule has 1 amide bonds. The lowest BCUT2D eigenvalue weighted by Crippen LogP contribution is -2.54. The predicted molar refractivity (Wildman–Crippen MR) is 66.3 cm³/mol. The van der Waals surface area contributed by atoms with Crippen LogP contribution in [0.5, 0.6) is 0 Å². The molecule has 1 rings (SSSR count). The van der Waals surface area contributed by atoms with Crippen molar-refractivity contribution < 1.29 is 4.79 Å². The molecule has 0 saturated carbocycles. The molecule has 0 aromatic heterocycles. The van der Waals surface area contributed by atoms with Gasteiger partial charge in [0.25, 0.3) is 0 Å². The molecule has 0 aromatic carbocycles. The molecule has 4 nitrogen and oxygen atoms in total. The molecule has 1 aliphatic rings. The molecule has 0 atom stereocenters. The maximum absolute atomic E-state index is 11.7. The van der Waals surface area contributed by atoms with Gasteiger partial charge in [0.05, 0.1) is 0 Å². The highest BCUT2D eigenvalue weighted by Crippen LogP contribution is 2.18. The molecule has 0 aliphatic carbocycles. The molecular weight excluding hydrogens is 202 g/mol. The van der Waals surface area contributed by atoms with Crippen molar-refractivity contribution >= 4 is 5.91 Å². The topological polar surface area (TPSA) is 44.4 Å². The number of carbonyl (C=O) groups excluding carboxylic acids is 1. The molecule has 1 heterocycles. The van der Waals surface area contributed by atoms with Gasteiger partial charge in [0.15, 0.2) is 0 Å². The van der Waals surface area contributed by atoms with Crippen LogP contribution >= 0.6 is 0 Å². The SMILES string of the molecule is C=CCNC(=O)CC(C)(C)N1CCNCC1. The average molecular weight is 225 g/mol. The standard InChI is InChI=1S/C12H23N3O/c1-4-5-14-11(16)10-12(2,3)15-8-6-13-7-9-15/h4,13H,1,5-10H2,2-3H3,(H,14,16). The lowest BCUT2D eigenvalue weighted by molar-refractivity contribution is -0.123. The predicted octanol–water partition coefficient (Wildman–Crippen LogP) is 0.363. The number of amides is 1. The van der Waals surface area contributed by atoms with Crippen LogP contribution < -0.4 is 10.6 Å². The van der Waals surface area contributed by atoms with Gasteiger partial charge in [-0.15, -0.1) is 6.58 Å². The third-order valence-electron chi connectivity index (χ3n) is 3.01. The van der Waals surface area contributed by atoms with Gasteiger partial charge >= 0.3 is 0 Å². The zero-order chi connectivity index (χ0) is 12.0. The van der Waals surface area contributed by atoms with Crippen LogP contribution in [-0.4, -0.2) is 49.1 Å². The van der Waals surface area contributed by atoms with Crippen LogP contribution in [0.3, 0.4) is 0 Å². The van der Waals surface area contributed by atoms with Crippen molar-refractivity contribution in [2.45, 2.75) is 25.8 Å². The van der Waals surface area contributed by atoms with Crippen LogP contribution in [0.15, 0.2) is 12.7 Å². The van der Waals surface area contributed by atoms with E-state index < -0.39 is 0 Å². The molecule has 0 bridgehead atoms. The molecule has 1 fully saturated rings. The van der Waals surface area contributed by atoms with E-state index in [1.165, 1.54) is 0 Å². The normalized spacial score (nSPS) is 18.1. The molecule has 0 radical (unpaired) electrons. The third-order valence-corrected chi connectivity index (χ3v) is 3.01. The summed E-state index contributed by atoms with van der Waals surface area (Å²) in [5.41, 5.74) is -0.0621. The van der Waals surface area contributed by atoms with Crippen molar-refractivity contribution in [1.82, 2.24) is 15.5 Å². The second-order valence-corrected chi connectivity index (χ2v) is 4.82. The molecule has 0 unspecified atom stereocenters. The van der Waals surface area contributed by atoms with Gasteiger partial charge in [0, 0.05) is 44.7 Å². The maximum atomic E-state index is 11.7. The fraction of sp³-hybridized carbons (Fsp3) is 0.750. The minimum atomic E-state index is -0.0621. The average Bonchev–Trinajstić information content (AvgIpc) is 2.27. The van der Waals surface area contributed by atoms with Gasteiger partial charge in [0.2, 0.25) is 5.91 Å². The van der Waals surface area contributed by atoms with Gasteiger partial charge in [-0.05, 0) is 13.8 Å². The molecule has 2 N–H and O–H groups in total. The summed E-state index contributed by atoms with van der Waals surface area (Å²) in [5.74, 6) is 0.100. The van der Waals surface area contributed by atoms with Crippen LogP contribution in [-0.2, 0) is 4.79 Å². The Kier molecular flexibility index (Phi) is 4.96. The molecule has 1 aliphatic heterocycles. The fourth-order valence-corrected chi connectivity index (χ4v) is 2.02. The Morgan fingerprint density at radius 3 is 2.69 bits per heavy atom. The summed E-state index contributed by atoms with van der Waals surface area (Å²) in [7, 11) is 0. The minimum absolute atomic E-state index is 0.0621. The van der Waals surface area contributed by atoms with Gasteiger partial charge in [-0.1, -0.05) is 6.08 Å². The van der Waals surface area contributed by atoms with Gasteiger partial charge in [-0.25, -0.2) is 0 Å². The van der Waals surface area contributed by atoms with E-state index in [4.69, 9.17) is 0 Å². The first-order valence-electron chi connectivity index (χ1n) is 5.89. The summed E-state index contributed by atoms with van der Waals surface area (Å²) in [6.45, 7) is 12.5. The van der Waals surface area contributed by atoms with Crippen LogP contribution in [0, 0.1) is 0 Å². The Balaban J connectivity index is 2.42. The van der Waals surface area contributed by atoms with Gasteiger partial charge in [-0.3, -0.25) is 9.69 Å². The summed E-state index contributed by atoms with van der Waals surface area (Å²) in [5, 5.41) is 6.15. The Bertz CT molecular complexity index is 245. The first-order valence-corrected chi connectivity index (χ1v) is 5.89. The summed E-state index contributed by atoms with van der Waals surface area (Å²) < 4.78 is 0. The number of nitrogens with one attached hydrogen (secondary N) is 2. The summed E-state index contributed by atoms with van der Waals surface area (Å²) in [6.07, 6.45) is 2.25. The number of hydrogen-bond donors (Lipinski definition) is 2. The molecule has 0 aromatic rings. The molecule has 92 valence electrons. The van der Waals surface area contributed by atoms with E-state index in [9.17, 15) is 4.79 Å². The van der Waals surface area contributed by atoms with Crippen LogP contribution in [0.4, 0.5) is 0 Å². The monoisotopic (exact) mass is 225 g/mol. The lowest BCUT2D eigenvalue weighted by Gasteiger charge is -2.40. The Morgan fingerprint density at radius 2 is 2.12 bits per heavy atom. The molecule has 1 saturated heterocycles. The highest BCUT2D eigenvalue weighted by molar-refractivity contribution is 5.77. The second-order valence-electron chi connectivity index (χ2n) is 4.82. The third kappa shape index (κ3) is 3.94. The first kappa shape index (κ1) is 13.2. The number of piperazine rings is 1. The Morgan fingerprint density at radius 1 is 1.50 bits per heavy atom. The van der Waals surface area contributed by atoms with E-state index in [1.54, 1.807) is 6.08 Å². The largest absolute Gasteiger partial charge is 0.353 e. The first-order chi connectivity index (χ1) is 7.56. The minimum Gasteiger partial charge on any atom is -0.353 e. The molecular formula is C12H23N3O. The van der Waals surface area contributed by atoms with Crippen molar-refractivity contribution in [3.05, 3.63) is 12.7 Å². The van der Waals surface area contributed by atoms with E-state index in [0.29, 0.717) is 13.0 Å². The van der Waals surface area contributed by atoms with Gasteiger partial charge in [-0.2, -0.15) is 0 Å². The second kappa shape index (κ2) is 6.01. The maximum Gasteiger partial charge on any atom is 0.222 e.